The number of furan rings is 1. The van der Waals surface area contributed by atoms with E-state index in [0.29, 0.717) is 34.1 Å². The molecule has 0 fully saturated rings. The average Bonchev–Trinajstić information content (AvgIpc) is 3.34. The Labute approximate surface area is 184 Å². The number of rotatable bonds is 5. The Hall–Kier alpha value is -4.00. The summed E-state index contributed by atoms with van der Waals surface area (Å²) < 4.78 is 24.3. The zero-order valence-corrected chi connectivity index (χ0v) is 17.8. The first-order chi connectivity index (χ1) is 15.3. The van der Waals surface area contributed by atoms with Crippen LogP contribution in [0.4, 0.5) is 10.1 Å². The van der Waals surface area contributed by atoms with Crippen LogP contribution in [0, 0.1) is 5.82 Å². The zero-order chi connectivity index (χ0) is 22.8. The number of carbonyl (C=O) groups excluding carboxylic acids is 2. The van der Waals surface area contributed by atoms with Gasteiger partial charge in [-0.25, -0.2) is 9.18 Å². The maximum Gasteiger partial charge on any atom is 0.338 e. The van der Waals surface area contributed by atoms with Crippen molar-refractivity contribution >= 4 is 29.4 Å². The summed E-state index contributed by atoms with van der Waals surface area (Å²) in [7, 11) is 0. The molecule has 0 N–H and O–H groups in total. The summed E-state index contributed by atoms with van der Waals surface area (Å²) in [6, 6.07) is 16.0. The number of hydrogen-bond acceptors (Lipinski definition) is 5. The van der Waals surface area contributed by atoms with Crippen LogP contribution in [-0.4, -0.2) is 23.7 Å². The normalized spacial score (nSPS) is 14.9. The summed E-state index contributed by atoms with van der Waals surface area (Å²) in [4.78, 5) is 24.8. The molecule has 0 unspecified atom stereocenters. The van der Waals surface area contributed by atoms with Gasteiger partial charge in [0.15, 0.2) is 0 Å². The molecule has 0 bridgehead atoms. The van der Waals surface area contributed by atoms with E-state index in [4.69, 9.17) is 9.15 Å². The minimum absolute atomic E-state index is 0.188. The molecule has 1 aromatic heterocycles. The fraction of sp³-hybridized carbons (Fsp3) is 0.160. The second kappa shape index (κ2) is 8.63. The van der Waals surface area contributed by atoms with E-state index in [1.54, 1.807) is 63.2 Å². The summed E-state index contributed by atoms with van der Waals surface area (Å²) in [5, 5.41) is 5.52. The van der Waals surface area contributed by atoms with Gasteiger partial charge < -0.3 is 9.15 Å². The fourth-order valence-corrected chi connectivity index (χ4v) is 3.22. The van der Waals surface area contributed by atoms with Gasteiger partial charge in [0.2, 0.25) is 0 Å². The van der Waals surface area contributed by atoms with Gasteiger partial charge in [0.25, 0.3) is 5.91 Å². The summed E-state index contributed by atoms with van der Waals surface area (Å²) in [6.45, 7) is 5.32. The van der Waals surface area contributed by atoms with Crippen LogP contribution >= 0.6 is 0 Å². The third kappa shape index (κ3) is 4.37. The molecule has 1 amide bonds. The van der Waals surface area contributed by atoms with Gasteiger partial charge >= 0.3 is 5.97 Å². The van der Waals surface area contributed by atoms with Crippen LogP contribution in [0.15, 0.2) is 75.8 Å². The van der Waals surface area contributed by atoms with Crippen LogP contribution in [0.2, 0.25) is 0 Å². The summed E-state index contributed by atoms with van der Waals surface area (Å²) in [5.41, 5.74) is 2.65. The number of halogens is 1. The minimum Gasteiger partial charge on any atom is -0.459 e. The number of amides is 1. The van der Waals surface area contributed by atoms with Crippen LogP contribution in [0.3, 0.4) is 0 Å². The third-order valence-corrected chi connectivity index (χ3v) is 4.80. The van der Waals surface area contributed by atoms with E-state index in [1.165, 1.54) is 29.3 Å². The highest BCUT2D eigenvalue weighted by Crippen LogP contribution is 2.28. The number of benzene rings is 2. The lowest BCUT2D eigenvalue weighted by Gasteiger charge is -2.11. The molecule has 2 heterocycles. The van der Waals surface area contributed by atoms with Crippen molar-refractivity contribution in [2.75, 3.05) is 5.01 Å². The molecule has 4 rings (SSSR count). The maximum absolute atomic E-state index is 13.2. The van der Waals surface area contributed by atoms with Crippen molar-refractivity contribution < 1.29 is 23.1 Å². The summed E-state index contributed by atoms with van der Waals surface area (Å²) >= 11 is 0. The molecule has 32 heavy (non-hydrogen) atoms. The van der Waals surface area contributed by atoms with E-state index >= 15 is 0 Å². The van der Waals surface area contributed by atoms with Gasteiger partial charge in [0, 0.05) is 5.56 Å². The molecule has 2 aromatic carbocycles. The van der Waals surface area contributed by atoms with E-state index < -0.39 is 0 Å². The van der Waals surface area contributed by atoms with Crippen molar-refractivity contribution in [3.8, 4) is 11.3 Å². The molecule has 0 aliphatic carbocycles. The maximum atomic E-state index is 13.2. The predicted octanol–water partition coefficient (Wildman–Crippen LogP) is 5.46. The Bertz CT molecular complexity index is 1220. The lowest BCUT2D eigenvalue weighted by atomic mass is 10.1. The lowest BCUT2D eigenvalue weighted by molar-refractivity contribution is -0.114. The van der Waals surface area contributed by atoms with Crippen LogP contribution in [0.25, 0.3) is 17.4 Å². The van der Waals surface area contributed by atoms with Gasteiger partial charge in [-0.1, -0.05) is 12.1 Å². The number of esters is 1. The molecule has 0 radical (unpaired) electrons. The lowest BCUT2D eigenvalue weighted by Crippen LogP contribution is -2.21. The first-order valence-corrected chi connectivity index (χ1v) is 10.1. The minimum atomic E-state index is -0.384. The number of hydrogen-bond donors (Lipinski definition) is 0. The van der Waals surface area contributed by atoms with Crippen LogP contribution in [-0.2, 0) is 9.53 Å². The molecule has 0 spiro atoms. The molecule has 0 saturated carbocycles. The molecule has 0 atom stereocenters. The summed E-state index contributed by atoms with van der Waals surface area (Å²) in [6.07, 6.45) is 1.44. The van der Waals surface area contributed by atoms with Gasteiger partial charge in [0.1, 0.15) is 17.3 Å². The second-order valence-electron chi connectivity index (χ2n) is 7.57. The molecular weight excluding hydrogens is 411 g/mol. The fourth-order valence-electron chi connectivity index (χ4n) is 3.22. The standard InChI is InChI=1S/C25H21FN2O4/c1-15(2)31-25(30)18-6-4-17(5-7-18)23-13-12-21(32-23)14-22-16(3)27-28(24(22)29)20-10-8-19(26)9-11-20/h4-15H,1-3H3/b22-14-. The molecule has 3 aromatic rings. The number of ether oxygens (including phenoxy) is 1. The highest BCUT2D eigenvalue weighted by Gasteiger charge is 2.29. The van der Waals surface area contributed by atoms with Gasteiger partial charge in [0.05, 0.1) is 28.6 Å². The first kappa shape index (κ1) is 21.2. The van der Waals surface area contributed by atoms with E-state index in [-0.39, 0.29) is 23.8 Å². The van der Waals surface area contributed by atoms with Crippen LogP contribution in [0.1, 0.15) is 36.9 Å². The molecule has 162 valence electrons. The van der Waals surface area contributed by atoms with Gasteiger partial charge in [-0.3, -0.25) is 4.79 Å². The van der Waals surface area contributed by atoms with E-state index in [2.05, 4.69) is 5.10 Å². The molecule has 1 aliphatic rings. The first-order valence-electron chi connectivity index (χ1n) is 10.1. The Morgan fingerprint density at radius 2 is 1.75 bits per heavy atom. The van der Waals surface area contributed by atoms with Crippen molar-refractivity contribution in [1.29, 1.82) is 0 Å². The zero-order valence-electron chi connectivity index (χ0n) is 17.8. The number of nitrogens with zero attached hydrogens (tertiary/aromatic N) is 2. The van der Waals surface area contributed by atoms with Crippen molar-refractivity contribution in [2.45, 2.75) is 26.9 Å². The predicted molar refractivity (Wildman–Crippen MR) is 120 cm³/mol. The van der Waals surface area contributed by atoms with E-state index in [9.17, 15) is 14.0 Å². The van der Waals surface area contributed by atoms with Gasteiger partial charge in [-0.2, -0.15) is 10.1 Å². The number of carbonyl (C=O) groups is 2. The van der Waals surface area contributed by atoms with Crippen molar-refractivity contribution in [1.82, 2.24) is 0 Å². The summed E-state index contributed by atoms with van der Waals surface area (Å²) in [5.74, 6) is -0.000240. The molecule has 1 aliphatic heterocycles. The Morgan fingerprint density at radius 1 is 1.06 bits per heavy atom. The largest absolute Gasteiger partial charge is 0.459 e. The monoisotopic (exact) mass is 432 g/mol. The Morgan fingerprint density at radius 3 is 2.41 bits per heavy atom. The highest BCUT2D eigenvalue weighted by molar-refractivity contribution is 6.32. The van der Waals surface area contributed by atoms with E-state index in [0.717, 1.165) is 5.56 Å². The third-order valence-electron chi connectivity index (χ3n) is 4.80. The number of hydrazone groups is 1. The molecule has 6 nitrogen and oxygen atoms in total. The van der Waals surface area contributed by atoms with Gasteiger partial charge in [-0.05, 0) is 75.4 Å². The highest BCUT2D eigenvalue weighted by atomic mass is 19.1. The van der Waals surface area contributed by atoms with Crippen molar-refractivity contribution in [3.05, 3.63) is 83.4 Å². The molecular formula is C25H21FN2O4. The SMILES string of the molecule is CC1=NN(c2ccc(F)cc2)C(=O)/C1=C\c1ccc(-c2ccc(C(=O)OC(C)C)cc2)o1. The van der Waals surface area contributed by atoms with Crippen LogP contribution < -0.4 is 5.01 Å². The van der Waals surface area contributed by atoms with E-state index in [1.807, 2.05) is 0 Å². The second-order valence-corrected chi connectivity index (χ2v) is 7.57. The average molecular weight is 432 g/mol. The van der Waals surface area contributed by atoms with Gasteiger partial charge in [-0.15, -0.1) is 0 Å². The topological polar surface area (TPSA) is 72.1 Å². The molecule has 0 saturated heterocycles. The van der Waals surface area contributed by atoms with Crippen molar-refractivity contribution in [3.63, 3.8) is 0 Å². The molecule has 7 heteroatoms. The Balaban J connectivity index is 1.53. The number of anilines is 1. The quantitative estimate of drug-likeness (QED) is 0.397. The Kier molecular flexibility index (Phi) is 5.73. The smallest absolute Gasteiger partial charge is 0.338 e. The van der Waals surface area contributed by atoms with Crippen LogP contribution in [0.5, 0.6) is 0 Å². The van der Waals surface area contributed by atoms with Crippen molar-refractivity contribution in [2.24, 2.45) is 5.10 Å².